The van der Waals surface area contributed by atoms with Crippen LogP contribution in [0.5, 0.6) is 5.75 Å². The zero-order valence-corrected chi connectivity index (χ0v) is 14.5. The molecule has 23 heavy (non-hydrogen) atoms. The van der Waals surface area contributed by atoms with E-state index in [9.17, 15) is 4.79 Å². The van der Waals surface area contributed by atoms with Crippen molar-refractivity contribution in [3.63, 3.8) is 0 Å². The van der Waals surface area contributed by atoms with E-state index in [1.165, 1.54) is 11.8 Å². The van der Waals surface area contributed by atoms with Crippen LogP contribution in [0.3, 0.4) is 0 Å². The van der Waals surface area contributed by atoms with Gasteiger partial charge in [-0.2, -0.15) is 0 Å². The van der Waals surface area contributed by atoms with Crippen molar-refractivity contribution in [2.45, 2.75) is 39.2 Å². The lowest BCUT2D eigenvalue weighted by Crippen LogP contribution is -2.30. The lowest BCUT2D eigenvalue weighted by Gasteiger charge is -2.20. The third-order valence-corrected chi connectivity index (χ3v) is 3.62. The molecule has 1 N–H and O–H groups in total. The molecule has 1 amide bonds. The maximum atomic E-state index is 12.1. The predicted molar refractivity (Wildman–Crippen MR) is 93.1 cm³/mol. The molecule has 0 saturated heterocycles. The number of hydrogen-bond donors (Lipinski definition) is 1. The molecule has 0 bridgehead atoms. The fraction of sp³-hybridized carbons (Fsp3) is 0.333. The number of pyridine rings is 1. The second-order valence-corrected chi connectivity index (χ2v) is 6.78. The molecule has 2 aromatic rings. The Morgan fingerprint density at radius 2 is 1.83 bits per heavy atom. The Kier molecular flexibility index (Phi) is 5.26. The zero-order valence-electron chi connectivity index (χ0n) is 13.8. The zero-order chi connectivity index (χ0) is 17.0. The van der Waals surface area contributed by atoms with Crippen molar-refractivity contribution in [2.75, 3.05) is 5.32 Å². The summed E-state index contributed by atoms with van der Waals surface area (Å²) in [7, 11) is 0. The molecule has 2 rings (SSSR count). The van der Waals surface area contributed by atoms with Crippen molar-refractivity contribution in [1.82, 2.24) is 4.98 Å². The molecule has 4 nitrogen and oxygen atoms in total. The quantitative estimate of drug-likeness (QED) is 0.842. The van der Waals surface area contributed by atoms with Crippen molar-refractivity contribution in [3.8, 4) is 5.75 Å². The van der Waals surface area contributed by atoms with Gasteiger partial charge in [-0.05, 0) is 42.2 Å². The Balaban J connectivity index is 1.96. The molecule has 0 radical (unpaired) electrons. The third kappa shape index (κ3) is 4.96. The molecule has 5 heteroatoms. The highest BCUT2D eigenvalue weighted by atomic mass is 35.5. The molecule has 122 valence electrons. The van der Waals surface area contributed by atoms with Crippen LogP contribution in [-0.2, 0) is 10.2 Å². The molecule has 0 aliphatic carbocycles. The van der Waals surface area contributed by atoms with Gasteiger partial charge in [-0.15, -0.1) is 0 Å². The summed E-state index contributed by atoms with van der Waals surface area (Å²) in [4.78, 5) is 16.0. The second-order valence-electron chi connectivity index (χ2n) is 6.39. The van der Waals surface area contributed by atoms with Gasteiger partial charge < -0.3 is 10.1 Å². The molecule has 1 aromatic heterocycles. The third-order valence-electron chi connectivity index (χ3n) is 3.40. The summed E-state index contributed by atoms with van der Waals surface area (Å²) in [5, 5.41) is 3.12. The van der Waals surface area contributed by atoms with E-state index in [1.807, 2.05) is 24.3 Å². The molecular weight excluding hydrogens is 312 g/mol. The monoisotopic (exact) mass is 332 g/mol. The summed E-state index contributed by atoms with van der Waals surface area (Å²) in [5.74, 6) is 0.420. The van der Waals surface area contributed by atoms with Gasteiger partial charge in [0.05, 0.1) is 11.9 Å². The van der Waals surface area contributed by atoms with Crippen LogP contribution in [0, 0.1) is 0 Å². The van der Waals surface area contributed by atoms with Crippen molar-refractivity contribution in [2.24, 2.45) is 0 Å². The number of rotatable bonds is 4. The Morgan fingerprint density at radius 1 is 1.17 bits per heavy atom. The maximum absolute atomic E-state index is 12.1. The fourth-order valence-corrected chi connectivity index (χ4v) is 2.10. The number of ether oxygens (including phenoxy) is 1. The van der Waals surface area contributed by atoms with E-state index in [0.29, 0.717) is 16.6 Å². The van der Waals surface area contributed by atoms with Crippen LogP contribution in [-0.4, -0.2) is 17.0 Å². The van der Waals surface area contributed by atoms with Gasteiger partial charge in [-0.25, -0.2) is 4.98 Å². The highest BCUT2D eigenvalue weighted by Crippen LogP contribution is 2.24. The minimum absolute atomic E-state index is 0.0864. The molecule has 1 atom stereocenters. The average molecular weight is 333 g/mol. The molecule has 1 aromatic carbocycles. The number of nitrogens with zero attached hydrogens (tertiary/aromatic N) is 1. The second kappa shape index (κ2) is 7.01. The van der Waals surface area contributed by atoms with Gasteiger partial charge in [-0.1, -0.05) is 44.5 Å². The summed E-state index contributed by atoms with van der Waals surface area (Å²) >= 11 is 5.71. The Bertz CT molecular complexity index is 661. The first-order valence-electron chi connectivity index (χ1n) is 7.45. The predicted octanol–water partition coefficient (Wildman–Crippen LogP) is 4.44. The van der Waals surface area contributed by atoms with Crippen LogP contribution in [0.1, 0.15) is 33.3 Å². The number of hydrogen-bond acceptors (Lipinski definition) is 3. The number of aromatic nitrogens is 1. The highest BCUT2D eigenvalue weighted by Gasteiger charge is 2.16. The summed E-state index contributed by atoms with van der Waals surface area (Å²) in [6.07, 6.45) is 0.886. The molecule has 0 spiro atoms. The molecule has 1 heterocycles. The molecule has 0 aliphatic rings. The largest absolute Gasteiger partial charge is 0.481 e. The van der Waals surface area contributed by atoms with E-state index in [4.69, 9.17) is 16.3 Å². The first-order valence-corrected chi connectivity index (χ1v) is 7.83. The summed E-state index contributed by atoms with van der Waals surface area (Å²) in [6, 6.07) is 11.1. The number of halogens is 1. The summed E-state index contributed by atoms with van der Waals surface area (Å²) < 4.78 is 5.68. The number of anilines is 1. The van der Waals surface area contributed by atoms with E-state index < -0.39 is 6.10 Å². The lowest BCUT2D eigenvalue weighted by atomic mass is 9.87. The van der Waals surface area contributed by atoms with Crippen LogP contribution in [0.25, 0.3) is 0 Å². The van der Waals surface area contributed by atoms with Crippen LogP contribution in [0.2, 0.25) is 5.15 Å². The smallest absolute Gasteiger partial charge is 0.265 e. The van der Waals surface area contributed by atoms with Crippen molar-refractivity contribution < 1.29 is 9.53 Å². The lowest BCUT2D eigenvalue weighted by molar-refractivity contribution is -0.122. The van der Waals surface area contributed by atoms with E-state index in [1.54, 1.807) is 19.1 Å². The first kappa shape index (κ1) is 17.3. The van der Waals surface area contributed by atoms with Gasteiger partial charge >= 0.3 is 0 Å². The van der Waals surface area contributed by atoms with Crippen LogP contribution in [0.15, 0.2) is 42.6 Å². The van der Waals surface area contributed by atoms with E-state index in [0.717, 1.165) is 0 Å². The highest BCUT2D eigenvalue weighted by molar-refractivity contribution is 6.29. The summed E-state index contributed by atoms with van der Waals surface area (Å²) in [5.41, 5.74) is 1.88. The molecule has 0 aliphatic heterocycles. The number of carbonyl (C=O) groups is 1. The van der Waals surface area contributed by atoms with Gasteiger partial charge in [0.1, 0.15) is 10.9 Å². The SMILES string of the molecule is CC(Oc1ccc(C(C)(C)C)cc1)C(=O)Nc1ccc(Cl)nc1. The Labute approximate surface area is 141 Å². The average Bonchev–Trinajstić information content (AvgIpc) is 2.49. The molecule has 1 unspecified atom stereocenters. The first-order chi connectivity index (χ1) is 10.8. The van der Waals surface area contributed by atoms with Gasteiger partial charge in [0.2, 0.25) is 0 Å². The minimum atomic E-state index is -0.619. The summed E-state index contributed by atoms with van der Waals surface area (Å²) in [6.45, 7) is 8.16. The number of benzene rings is 1. The normalized spacial score (nSPS) is 12.6. The van der Waals surface area contributed by atoms with Crippen LogP contribution >= 0.6 is 11.6 Å². The van der Waals surface area contributed by atoms with Crippen LogP contribution in [0.4, 0.5) is 5.69 Å². The number of carbonyl (C=O) groups excluding carboxylic acids is 1. The topological polar surface area (TPSA) is 51.2 Å². The fourth-order valence-electron chi connectivity index (χ4n) is 1.98. The Hall–Kier alpha value is -2.07. The van der Waals surface area contributed by atoms with Crippen molar-refractivity contribution in [3.05, 3.63) is 53.3 Å². The molecular formula is C18H21ClN2O2. The number of amides is 1. The van der Waals surface area contributed by atoms with E-state index >= 15 is 0 Å². The molecule has 0 saturated carbocycles. The van der Waals surface area contributed by atoms with Gasteiger partial charge in [-0.3, -0.25) is 4.79 Å². The van der Waals surface area contributed by atoms with Crippen molar-refractivity contribution in [1.29, 1.82) is 0 Å². The van der Waals surface area contributed by atoms with Gasteiger partial charge in [0, 0.05) is 0 Å². The standard InChI is InChI=1S/C18H21ClN2O2/c1-12(17(22)21-14-7-10-16(19)20-11-14)23-15-8-5-13(6-9-15)18(2,3)4/h5-12H,1-4H3,(H,21,22). The van der Waals surface area contributed by atoms with Crippen LogP contribution < -0.4 is 10.1 Å². The minimum Gasteiger partial charge on any atom is -0.481 e. The van der Waals surface area contributed by atoms with E-state index in [2.05, 4.69) is 31.1 Å². The van der Waals surface area contributed by atoms with Crippen molar-refractivity contribution >= 4 is 23.2 Å². The van der Waals surface area contributed by atoms with Gasteiger partial charge in [0.15, 0.2) is 6.10 Å². The Morgan fingerprint density at radius 3 is 2.35 bits per heavy atom. The molecule has 0 fully saturated rings. The van der Waals surface area contributed by atoms with Gasteiger partial charge in [0.25, 0.3) is 5.91 Å². The number of nitrogens with one attached hydrogen (secondary N) is 1. The maximum Gasteiger partial charge on any atom is 0.265 e. The van der Waals surface area contributed by atoms with E-state index in [-0.39, 0.29) is 11.3 Å².